The van der Waals surface area contributed by atoms with Crippen molar-refractivity contribution in [2.24, 2.45) is 4.99 Å². The van der Waals surface area contributed by atoms with Gasteiger partial charge in [-0.2, -0.15) is 0 Å². The van der Waals surface area contributed by atoms with Crippen LogP contribution in [0.5, 0.6) is 0 Å². The van der Waals surface area contributed by atoms with Gasteiger partial charge in [0.2, 0.25) is 5.95 Å². The Labute approximate surface area is 127 Å². The van der Waals surface area contributed by atoms with Crippen molar-refractivity contribution in [3.63, 3.8) is 0 Å². The maximum absolute atomic E-state index is 4.39. The molecule has 0 aliphatic carbocycles. The molecule has 0 saturated carbocycles. The van der Waals surface area contributed by atoms with Crippen LogP contribution in [0.15, 0.2) is 23.5 Å². The molecule has 1 aliphatic heterocycles. The van der Waals surface area contributed by atoms with Crippen LogP contribution in [-0.4, -0.2) is 60.6 Å². The highest BCUT2D eigenvalue weighted by molar-refractivity contribution is 5.80. The van der Waals surface area contributed by atoms with E-state index in [0.717, 1.165) is 44.6 Å². The number of rotatable bonds is 5. The Morgan fingerprint density at radius 2 is 1.90 bits per heavy atom. The monoisotopic (exact) mass is 290 g/mol. The van der Waals surface area contributed by atoms with Crippen LogP contribution in [0.25, 0.3) is 0 Å². The topological polar surface area (TPSA) is 56.7 Å². The summed E-state index contributed by atoms with van der Waals surface area (Å²) in [4.78, 5) is 17.5. The number of nitrogens with zero attached hydrogens (tertiary/aromatic N) is 5. The fourth-order valence-corrected chi connectivity index (χ4v) is 2.48. The third kappa shape index (κ3) is 4.58. The van der Waals surface area contributed by atoms with Gasteiger partial charge in [0.15, 0.2) is 5.96 Å². The van der Waals surface area contributed by atoms with Gasteiger partial charge in [-0.15, -0.1) is 0 Å². The number of guanidine groups is 1. The fourth-order valence-electron chi connectivity index (χ4n) is 2.48. The molecule has 1 aromatic heterocycles. The summed E-state index contributed by atoms with van der Waals surface area (Å²) >= 11 is 0. The summed E-state index contributed by atoms with van der Waals surface area (Å²) in [6.07, 6.45) is 7.30. The number of hydrogen-bond donors (Lipinski definition) is 1. The zero-order chi connectivity index (χ0) is 14.9. The highest BCUT2D eigenvalue weighted by atomic mass is 15.4. The zero-order valence-electron chi connectivity index (χ0n) is 13.1. The molecule has 116 valence electrons. The van der Waals surface area contributed by atoms with Gasteiger partial charge in [-0.05, 0) is 12.5 Å². The van der Waals surface area contributed by atoms with Crippen molar-refractivity contribution in [2.75, 3.05) is 44.7 Å². The molecular formula is C15H26N6. The number of hydrogen-bond acceptors (Lipinski definition) is 4. The molecule has 1 saturated heterocycles. The molecule has 1 aromatic rings. The van der Waals surface area contributed by atoms with E-state index in [1.807, 2.05) is 13.1 Å². The number of anilines is 1. The molecular weight excluding hydrogens is 264 g/mol. The fraction of sp³-hybridized carbons (Fsp3) is 0.667. The average molecular weight is 290 g/mol. The lowest BCUT2D eigenvalue weighted by atomic mass is 10.2. The van der Waals surface area contributed by atoms with Crippen molar-refractivity contribution in [1.29, 1.82) is 0 Å². The summed E-state index contributed by atoms with van der Waals surface area (Å²) in [6, 6.07) is 1.85. The maximum atomic E-state index is 4.39. The molecule has 0 aromatic carbocycles. The third-order valence-corrected chi connectivity index (χ3v) is 3.69. The normalized spacial score (nSPS) is 16.2. The first kappa shape index (κ1) is 15.5. The first-order chi connectivity index (χ1) is 10.3. The Bertz CT molecular complexity index is 425. The molecule has 0 amide bonds. The van der Waals surface area contributed by atoms with Crippen molar-refractivity contribution in [2.45, 2.75) is 26.2 Å². The van der Waals surface area contributed by atoms with Crippen LogP contribution in [0.4, 0.5) is 5.95 Å². The molecule has 1 fully saturated rings. The van der Waals surface area contributed by atoms with Crippen molar-refractivity contribution in [3.05, 3.63) is 18.5 Å². The molecule has 6 heteroatoms. The van der Waals surface area contributed by atoms with Crippen LogP contribution in [0.2, 0.25) is 0 Å². The van der Waals surface area contributed by atoms with E-state index >= 15 is 0 Å². The molecule has 2 rings (SSSR count). The summed E-state index contributed by atoms with van der Waals surface area (Å²) < 4.78 is 0. The van der Waals surface area contributed by atoms with Gasteiger partial charge in [-0.1, -0.05) is 19.8 Å². The van der Waals surface area contributed by atoms with E-state index in [1.54, 1.807) is 12.4 Å². The van der Waals surface area contributed by atoms with E-state index in [4.69, 9.17) is 0 Å². The van der Waals surface area contributed by atoms with E-state index in [1.165, 1.54) is 19.3 Å². The molecule has 1 N–H and O–H groups in total. The highest BCUT2D eigenvalue weighted by Gasteiger charge is 2.20. The van der Waals surface area contributed by atoms with Gasteiger partial charge in [0, 0.05) is 52.2 Å². The molecule has 2 heterocycles. The summed E-state index contributed by atoms with van der Waals surface area (Å²) in [6.45, 7) is 6.99. The van der Waals surface area contributed by atoms with Gasteiger partial charge >= 0.3 is 0 Å². The minimum atomic E-state index is 0.822. The molecule has 0 radical (unpaired) electrons. The minimum absolute atomic E-state index is 0.822. The van der Waals surface area contributed by atoms with Crippen LogP contribution in [0, 0.1) is 0 Å². The smallest absolute Gasteiger partial charge is 0.225 e. The Morgan fingerprint density at radius 1 is 1.19 bits per heavy atom. The van der Waals surface area contributed by atoms with Crippen LogP contribution < -0.4 is 10.2 Å². The van der Waals surface area contributed by atoms with Crippen LogP contribution >= 0.6 is 0 Å². The van der Waals surface area contributed by atoms with Gasteiger partial charge in [0.25, 0.3) is 0 Å². The maximum Gasteiger partial charge on any atom is 0.225 e. The number of nitrogens with one attached hydrogen (secondary N) is 1. The second kappa shape index (κ2) is 8.44. The van der Waals surface area contributed by atoms with Crippen LogP contribution in [0.1, 0.15) is 26.2 Å². The summed E-state index contributed by atoms with van der Waals surface area (Å²) in [5.41, 5.74) is 0. The first-order valence-electron chi connectivity index (χ1n) is 7.82. The predicted octanol–water partition coefficient (Wildman–Crippen LogP) is 1.36. The molecule has 0 atom stereocenters. The van der Waals surface area contributed by atoms with Crippen molar-refractivity contribution < 1.29 is 0 Å². The Kier molecular flexibility index (Phi) is 6.24. The molecule has 6 nitrogen and oxygen atoms in total. The van der Waals surface area contributed by atoms with E-state index in [9.17, 15) is 0 Å². The first-order valence-corrected chi connectivity index (χ1v) is 7.82. The molecule has 0 spiro atoms. The Morgan fingerprint density at radius 3 is 2.52 bits per heavy atom. The third-order valence-electron chi connectivity index (χ3n) is 3.69. The summed E-state index contributed by atoms with van der Waals surface area (Å²) in [5, 5.41) is 3.45. The molecule has 21 heavy (non-hydrogen) atoms. The van der Waals surface area contributed by atoms with Gasteiger partial charge in [-0.25, -0.2) is 9.97 Å². The summed E-state index contributed by atoms with van der Waals surface area (Å²) in [5.74, 6) is 1.84. The highest BCUT2D eigenvalue weighted by Crippen LogP contribution is 2.09. The standard InChI is InChI=1S/C15H26N6/c1-3-4-5-7-17-14(16-2)20-10-12-21(13-11-20)15-18-8-6-9-19-15/h6,8-9H,3-5,7,10-13H2,1-2H3,(H,16,17). The van der Waals surface area contributed by atoms with Crippen molar-refractivity contribution in [3.8, 4) is 0 Å². The van der Waals surface area contributed by atoms with Gasteiger partial charge in [0.1, 0.15) is 0 Å². The van der Waals surface area contributed by atoms with E-state index in [-0.39, 0.29) is 0 Å². The van der Waals surface area contributed by atoms with Crippen molar-refractivity contribution >= 4 is 11.9 Å². The number of aliphatic imine (C=N–C) groups is 1. The number of piperazine rings is 1. The minimum Gasteiger partial charge on any atom is -0.356 e. The Balaban J connectivity index is 1.79. The second-order valence-corrected chi connectivity index (χ2v) is 5.20. The second-order valence-electron chi connectivity index (χ2n) is 5.20. The van der Waals surface area contributed by atoms with Gasteiger partial charge in [-0.3, -0.25) is 4.99 Å². The van der Waals surface area contributed by atoms with E-state index in [2.05, 4.69) is 37.0 Å². The van der Waals surface area contributed by atoms with Crippen molar-refractivity contribution in [1.82, 2.24) is 20.2 Å². The zero-order valence-corrected chi connectivity index (χ0v) is 13.1. The number of unbranched alkanes of at least 4 members (excludes halogenated alkanes) is 2. The lowest BCUT2D eigenvalue weighted by Gasteiger charge is -2.36. The van der Waals surface area contributed by atoms with E-state index < -0.39 is 0 Å². The quantitative estimate of drug-likeness (QED) is 0.504. The largest absolute Gasteiger partial charge is 0.356 e. The SMILES string of the molecule is CCCCCNC(=NC)N1CCN(c2ncccn2)CC1. The molecule has 1 aliphatic rings. The molecule has 0 unspecified atom stereocenters. The van der Waals surface area contributed by atoms with Crippen LogP contribution in [-0.2, 0) is 0 Å². The van der Waals surface area contributed by atoms with Gasteiger partial charge < -0.3 is 15.1 Å². The predicted molar refractivity (Wildman–Crippen MR) is 86.7 cm³/mol. The van der Waals surface area contributed by atoms with Crippen LogP contribution in [0.3, 0.4) is 0 Å². The summed E-state index contributed by atoms with van der Waals surface area (Å²) in [7, 11) is 1.86. The van der Waals surface area contributed by atoms with E-state index in [0.29, 0.717) is 0 Å². The van der Waals surface area contributed by atoms with Gasteiger partial charge in [0.05, 0.1) is 0 Å². The lowest BCUT2D eigenvalue weighted by Crippen LogP contribution is -2.53. The average Bonchev–Trinajstić information content (AvgIpc) is 2.56. The Hall–Kier alpha value is -1.85. The number of aromatic nitrogens is 2. The lowest BCUT2D eigenvalue weighted by molar-refractivity contribution is 0.370. The molecule has 0 bridgehead atoms.